The molecule has 9 heteroatoms. The smallest absolute Gasteiger partial charge is 0.309 e. The van der Waals surface area contributed by atoms with Gasteiger partial charge in [-0.15, -0.1) is 0 Å². The van der Waals surface area contributed by atoms with Crippen molar-refractivity contribution >= 4 is 15.8 Å². The van der Waals surface area contributed by atoms with E-state index in [-0.39, 0.29) is 30.8 Å². The zero-order valence-corrected chi connectivity index (χ0v) is 19.6. The molecule has 0 bridgehead atoms. The van der Waals surface area contributed by atoms with Crippen molar-refractivity contribution in [2.24, 2.45) is 5.92 Å². The Bertz CT molecular complexity index is 1100. The number of carbonyl (C=O) groups is 1. The summed E-state index contributed by atoms with van der Waals surface area (Å²) in [6.07, 6.45) is 0.557. The molecule has 2 aliphatic rings. The lowest BCUT2D eigenvalue weighted by Crippen LogP contribution is -2.32. The largest absolute Gasteiger partial charge is 0.497 e. The summed E-state index contributed by atoms with van der Waals surface area (Å²) in [5.74, 6) is 0.0193. The minimum atomic E-state index is -3.21. The molecule has 2 aliphatic heterocycles. The quantitative estimate of drug-likeness (QED) is 0.590. The highest BCUT2D eigenvalue weighted by Crippen LogP contribution is 2.47. The van der Waals surface area contributed by atoms with Gasteiger partial charge in [0.25, 0.3) is 0 Å². The molecule has 33 heavy (non-hydrogen) atoms. The molecule has 0 saturated carbocycles. The zero-order chi connectivity index (χ0) is 23.6. The average molecular weight is 476 g/mol. The van der Waals surface area contributed by atoms with Gasteiger partial charge in [0, 0.05) is 30.8 Å². The third-order valence-electron chi connectivity index (χ3n) is 6.37. The molecule has 4 rings (SSSR count). The molecule has 0 aliphatic carbocycles. The lowest BCUT2D eigenvalue weighted by molar-refractivity contribution is -0.143. The first-order valence-electron chi connectivity index (χ1n) is 11.0. The first-order chi connectivity index (χ1) is 15.8. The highest BCUT2D eigenvalue weighted by Gasteiger charge is 2.47. The van der Waals surface area contributed by atoms with Gasteiger partial charge in [-0.2, -0.15) is 0 Å². The Morgan fingerprint density at radius 2 is 1.79 bits per heavy atom. The Balaban J connectivity index is 1.70. The number of hydrogen-bond donors (Lipinski definition) is 1. The second-order valence-corrected chi connectivity index (χ2v) is 10.8. The van der Waals surface area contributed by atoms with Crippen LogP contribution in [0.15, 0.2) is 42.5 Å². The van der Waals surface area contributed by atoms with E-state index in [1.807, 2.05) is 36.1 Å². The monoisotopic (exact) mass is 475 g/mol. The van der Waals surface area contributed by atoms with Gasteiger partial charge in [-0.25, -0.2) is 8.42 Å². The number of carboxylic acids is 1. The number of methoxy groups -OCH3 is 1. The lowest BCUT2D eigenvalue weighted by atomic mass is 9.83. The maximum absolute atomic E-state index is 12.5. The molecule has 2 aromatic rings. The summed E-state index contributed by atoms with van der Waals surface area (Å²) in [4.78, 5) is 14.5. The summed E-state index contributed by atoms with van der Waals surface area (Å²) in [6, 6.07) is 12.3. The average Bonchev–Trinajstić information content (AvgIpc) is 3.42. The number of carboxylic acid groups (broad SMARTS) is 1. The Hall–Kier alpha value is -2.78. The van der Waals surface area contributed by atoms with Gasteiger partial charge in [0.05, 0.1) is 18.8 Å². The molecule has 0 amide bonds. The fourth-order valence-electron chi connectivity index (χ4n) is 4.81. The topological polar surface area (TPSA) is 102 Å². The first-order valence-corrected chi connectivity index (χ1v) is 12.9. The molecule has 0 radical (unpaired) electrons. The van der Waals surface area contributed by atoms with Crippen molar-refractivity contribution in [3.05, 3.63) is 53.6 Å². The maximum atomic E-state index is 12.5. The fourth-order valence-corrected chi connectivity index (χ4v) is 6.15. The molecule has 0 aromatic heterocycles. The van der Waals surface area contributed by atoms with E-state index in [0.717, 1.165) is 11.1 Å². The second kappa shape index (κ2) is 9.61. The third-order valence-corrected chi connectivity index (χ3v) is 8.20. The molecule has 3 atom stereocenters. The van der Waals surface area contributed by atoms with E-state index in [1.54, 1.807) is 25.3 Å². The Kier molecular flexibility index (Phi) is 6.81. The van der Waals surface area contributed by atoms with Crippen LogP contribution in [0, 0.1) is 5.92 Å². The highest BCUT2D eigenvalue weighted by molar-refractivity contribution is 7.91. The summed E-state index contributed by atoms with van der Waals surface area (Å²) >= 11 is 0. The van der Waals surface area contributed by atoms with Gasteiger partial charge >= 0.3 is 5.97 Å². The number of ether oxygens (including phenoxy) is 3. The zero-order valence-electron chi connectivity index (χ0n) is 18.8. The predicted molar refractivity (Wildman–Crippen MR) is 123 cm³/mol. The number of sulfone groups is 1. The second-order valence-electron chi connectivity index (χ2n) is 8.45. The van der Waals surface area contributed by atoms with Crippen LogP contribution in [-0.2, 0) is 14.6 Å². The number of nitrogens with zero attached hydrogens (tertiary/aromatic N) is 1. The van der Waals surface area contributed by atoms with Gasteiger partial charge in [0.1, 0.15) is 5.75 Å². The van der Waals surface area contributed by atoms with Crippen LogP contribution >= 0.6 is 0 Å². The molecule has 8 nitrogen and oxygen atoms in total. The molecule has 1 N–H and O–H groups in total. The summed E-state index contributed by atoms with van der Waals surface area (Å²) in [7, 11) is -1.63. The number of hydrogen-bond acceptors (Lipinski definition) is 7. The van der Waals surface area contributed by atoms with Crippen molar-refractivity contribution in [2.45, 2.75) is 25.3 Å². The van der Waals surface area contributed by atoms with Gasteiger partial charge in [-0.1, -0.05) is 25.1 Å². The molecule has 2 aromatic carbocycles. The van der Waals surface area contributed by atoms with Crippen LogP contribution in [0.4, 0.5) is 0 Å². The van der Waals surface area contributed by atoms with Crippen molar-refractivity contribution in [1.29, 1.82) is 0 Å². The fraction of sp³-hybridized carbons (Fsp3) is 0.458. The lowest BCUT2D eigenvalue weighted by Gasteiger charge is -2.27. The Labute approximate surface area is 194 Å². The molecule has 178 valence electrons. The molecular formula is C24H29NO7S. The number of rotatable bonds is 9. The normalized spacial score (nSPS) is 22.4. The van der Waals surface area contributed by atoms with Crippen LogP contribution in [0.5, 0.6) is 17.2 Å². The van der Waals surface area contributed by atoms with Gasteiger partial charge in [-0.05, 0) is 41.8 Å². The van der Waals surface area contributed by atoms with Crippen LogP contribution in [0.25, 0.3) is 0 Å². The van der Waals surface area contributed by atoms with Crippen molar-refractivity contribution in [3.63, 3.8) is 0 Å². The minimum Gasteiger partial charge on any atom is -0.497 e. The van der Waals surface area contributed by atoms with Crippen molar-refractivity contribution < 1.29 is 32.5 Å². The van der Waals surface area contributed by atoms with E-state index in [4.69, 9.17) is 14.2 Å². The predicted octanol–water partition coefficient (Wildman–Crippen LogP) is 3.09. The van der Waals surface area contributed by atoms with Gasteiger partial charge in [0.15, 0.2) is 21.3 Å². The summed E-state index contributed by atoms with van der Waals surface area (Å²) in [5.41, 5.74) is 1.66. The van der Waals surface area contributed by atoms with Crippen molar-refractivity contribution in [2.75, 3.05) is 38.5 Å². The van der Waals surface area contributed by atoms with Gasteiger partial charge in [-0.3, -0.25) is 9.69 Å². The molecule has 0 spiro atoms. The molecule has 1 fully saturated rings. The van der Waals surface area contributed by atoms with Crippen LogP contribution in [-0.4, -0.2) is 62.9 Å². The van der Waals surface area contributed by atoms with E-state index in [9.17, 15) is 18.3 Å². The van der Waals surface area contributed by atoms with Gasteiger partial charge in [0.2, 0.25) is 6.79 Å². The van der Waals surface area contributed by atoms with E-state index >= 15 is 0 Å². The molecule has 1 saturated heterocycles. The maximum Gasteiger partial charge on any atom is 0.309 e. The standard InChI is InChI=1S/C24H29NO7S/c1-3-11-33(28,29)12-10-25-14-19(17-6-9-20-21(13-17)32-15-31-20)22(24(26)27)23(25)16-4-7-18(30-2)8-5-16/h4-9,13,19,22-23H,3,10-12,14-15H2,1-2H3,(H,26,27)/t19-,22+,23-/m1/s1. The van der Waals surface area contributed by atoms with Crippen LogP contribution in [0.3, 0.4) is 0 Å². The number of fused-ring (bicyclic) bond motifs is 1. The Morgan fingerprint density at radius 3 is 2.45 bits per heavy atom. The number of likely N-dealkylation sites (tertiary alicyclic amines) is 1. The number of benzene rings is 2. The van der Waals surface area contributed by atoms with E-state index in [0.29, 0.717) is 30.2 Å². The van der Waals surface area contributed by atoms with E-state index in [2.05, 4.69) is 0 Å². The van der Waals surface area contributed by atoms with E-state index < -0.39 is 27.8 Å². The molecule has 0 unspecified atom stereocenters. The van der Waals surface area contributed by atoms with Crippen molar-refractivity contribution in [1.82, 2.24) is 4.90 Å². The Morgan fingerprint density at radius 1 is 1.09 bits per heavy atom. The summed E-state index contributed by atoms with van der Waals surface area (Å²) in [5, 5.41) is 10.3. The third kappa shape index (κ3) is 4.94. The molecule has 2 heterocycles. The minimum absolute atomic E-state index is 0.00626. The van der Waals surface area contributed by atoms with Crippen LogP contribution < -0.4 is 14.2 Å². The van der Waals surface area contributed by atoms with Crippen molar-refractivity contribution in [3.8, 4) is 17.2 Å². The SMILES string of the molecule is CCCS(=O)(=O)CCN1C[C@H](c2ccc3c(c2)OCO3)[C@H](C(=O)O)[C@H]1c1ccc(OC)cc1. The van der Waals surface area contributed by atoms with Crippen LogP contribution in [0.2, 0.25) is 0 Å². The number of aliphatic carboxylic acids is 1. The first kappa shape index (κ1) is 23.4. The summed E-state index contributed by atoms with van der Waals surface area (Å²) in [6.45, 7) is 2.67. The highest BCUT2D eigenvalue weighted by atomic mass is 32.2. The molecular weight excluding hydrogens is 446 g/mol. The van der Waals surface area contributed by atoms with E-state index in [1.165, 1.54) is 0 Å². The summed E-state index contributed by atoms with van der Waals surface area (Å²) < 4.78 is 41.0. The van der Waals surface area contributed by atoms with Gasteiger partial charge < -0.3 is 19.3 Å². The van der Waals surface area contributed by atoms with Crippen LogP contribution in [0.1, 0.15) is 36.4 Å².